The van der Waals surface area contributed by atoms with Crippen LogP contribution in [0.15, 0.2) is 0 Å². The lowest BCUT2D eigenvalue weighted by molar-refractivity contribution is -0.132. The number of nitrogens with zero attached hydrogens (tertiary/aromatic N) is 1. The van der Waals surface area contributed by atoms with Crippen molar-refractivity contribution >= 4 is 15.7 Å². The number of hydrogen-bond donors (Lipinski definition) is 1. The van der Waals surface area contributed by atoms with Gasteiger partial charge in [-0.1, -0.05) is 6.42 Å². The van der Waals surface area contributed by atoms with E-state index in [0.29, 0.717) is 38.3 Å². The first-order valence-electron chi connectivity index (χ1n) is 7.16. The summed E-state index contributed by atoms with van der Waals surface area (Å²) in [6, 6.07) is 0. The monoisotopic (exact) mass is 289 g/mol. The summed E-state index contributed by atoms with van der Waals surface area (Å²) in [4.78, 5) is 14.1. The number of hydrogen-bond acceptors (Lipinski definition) is 4. The van der Waals surface area contributed by atoms with E-state index in [1.54, 1.807) is 4.90 Å². The van der Waals surface area contributed by atoms with Gasteiger partial charge in [-0.2, -0.15) is 0 Å². The molecule has 2 unspecified atom stereocenters. The summed E-state index contributed by atoms with van der Waals surface area (Å²) in [6.45, 7) is 1.40. The largest absolute Gasteiger partial charge is 0.396 e. The van der Waals surface area contributed by atoms with Gasteiger partial charge in [0, 0.05) is 19.7 Å². The first kappa shape index (κ1) is 14.8. The fraction of sp³-hybridized carbons (Fsp3) is 0.923. The number of rotatable bonds is 3. The lowest BCUT2D eigenvalue weighted by atomic mass is 9.95. The maximum Gasteiger partial charge on any atom is 0.240 e. The number of sulfone groups is 1. The first-order valence-corrected chi connectivity index (χ1v) is 8.87. The molecule has 0 aromatic rings. The summed E-state index contributed by atoms with van der Waals surface area (Å²) in [5, 5.41) is 8.16. The molecule has 0 bridgehead atoms. The van der Waals surface area contributed by atoms with Crippen molar-refractivity contribution in [2.45, 2.75) is 43.8 Å². The van der Waals surface area contributed by atoms with E-state index >= 15 is 0 Å². The summed E-state index contributed by atoms with van der Waals surface area (Å²) in [5.74, 6) is 0.258. The zero-order valence-corrected chi connectivity index (χ0v) is 12.1. The predicted octanol–water partition coefficient (Wildman–Crippen LogP) is 0.575. The Morgan fingerprint density at radius 1 is 1.21 bits per heavy atom. The minimum Gasteiger partial charge on any atom is -0.396 e. The van der Waals surface area contributed by atoms with E-state index in [4.69, 9.17) is 5.11 Å². The third kappa shape index (κ3) is 3.48. The van der Waals surface area contributed by atoms with Crippen molar-refractivity contribution in [1.82, 2.24) is 4.90 Å². The molecule has 1 amide bonds. The maximum absolute atomic E-state index is 12.4. The van der Waals surface area contributed by atoms with Crippen LogP contribution in [0.2, 0.25) is 0 Å². The number of piperidine rings is 1. The summed E-state index contributed by atoms with van der Waals surface area (Å²) >= 11 is 0. The highest BCUT2D eigenvalue weighted by atomic mass is 32.2. The van der Waals surface area contributed by atoms with Crippen molar-refractivity contribution in [3.05, 3.63) is 0 Å². The van der Waals surface area contributed by atoms with Gasteiger partial charge >= 0.3 is 0 Å². The van der Waals surface area contributed by atoms with Crippen molar-refractivity contribution in [3.8, 4) is 0 Å². The fourth-order valence-corrected chi connectivity index (χ4v) is 4.99. The van der Waals surface area contributed by atoms with Crippen LogP contribution in [0.5, 0.6) is 0 Å². The Labute approximate surface area is 114 Å². The van der Waals surface area contributed by atoms with Gasteiger partial charge in [-0.3, -0.25) is 4.79 Å². The molecule has 1 N–H and O–H groups in total. The highest BCUT2D eigenvalue weighted by Crippen LogP contribution is 2.25. The Morgan fingerprint density at radius 3 is 2.68 bits per heavy atom. The highest BCUT2D eigenvalue weighted by molar-refractivity contribution is 7.92. The zero-order chi connectivity index (χ0) is 13.9. The van der Waals surface area contributed by atoms with Crippen LogP contribution in [-0.4, -0.2) is 55.0 Å². The molecule has 0 aromatic carbocycles. The zero-order valence-electron chi connectivity index (χ0n) is 11.3. The van der Waals surface area contributed by atoms with Gasteiger partial charge in [-0.15, -0.1) is 0 Å². The Morgan fingerprint density at radius 2 is 2.00 bits per heavy atom. The molecule has 2 heterocycles. The molecule has 0 radical (unpaired) electrons. The van der Waals surface area contributed by atoms with Crippen molar-refractivity contribution in [3.63, 3.8) is 0 Å². The van der Waals surface area contributed by atoms with E-state index < -0.39 is 15.1 Å². The molecule has 5 nitrogen and oxygen atoms in total. The van der Waals surface area contributed by atoms with Gasteiger partial charge in [0.2, 0.25) is 5.91 Å². The van der Waals surface area contributed by atoms with Crippen molar-refractivity contribution < 1.29 is 18.3 Å². The van der Waals surface area contributed by atoms with E-state index in [1.807, 2.05) is 0 Å². The normalized spacial score (nSPS) is 31.1. The van der Waals surface area contributed by atoms with Crippen molar-refractivity contribution in [2.75, 3.05) is 25.4 Å². The maximum atomic E-state index is 12.4. The third-order valence-corrected chi connectivity index (χ3v) is 6.38. The standard InChI is InChI=1S/C13H23NO4S/c15-8-6-11-4-3-7-14(10-11)13(16)12-5-1-2-9-19(12,17)18/h11-12,15H,1-10H2. The SMILES string of the molecule is O=C(C1CCCCS1(=O)=O)N1CCCC(CCO)C1. The molecule has 2 atom stereocenters. The van der Waals surface area contributed by atoms with Gasteiger partial charge in [0.25, 0.3) is 0 Å². The average Bonchev–Trinajstić information content (AvgIpc) is 2.38. The smallest absolute Gasteiger partial charge is 0.240 e. The Bertz CT molecular complexity index is 418. The van der Waals surface area contributed by atoms with E-state index in [2.05, 4.69) is 0 Å². The summed E-state index contributed by atoms with van der Waals surface area (Å²) in [5.41, 5.74) is 0. The van der Waals surface area contributed by atoms with Crippen LogP contribution in [0, 0.1) is 5.92 Å². The number of aliphatic hydroxyl groups is 1. The second-order valence-electron chi connectivity index (χ2n) is 5.66. The molecular weight excluding hydrogens is 266 g/mol. The molecule has 0 aliphatic carbocycles. The average molecular weight is 289 g/mol. The Balaban J connectivity index is 2.02. The molecule has 0 saturated carbocycles. The molecule has 2 aliphatic heterocycles. The third-order valence-electron chi connectivity index (χ3n) is 4.22. The second kappa shape index (κ2) is 6.22. The van der Waals surface area contributed by atoms with Gasteiger partial charge in [0.15, 0.2) is 9.84 Å². The topological polar surface area (TPSA) is 74.7 Å². The van der Waals surface area contributed by atoms with E-state index in [0.717, 1.165) is 19.3 Å². The van der Waals surface area contributed by atoms with Crippen LogP contribution in [0.4, 0.5) is 0 Å². The molecule has 6 heteroatoms. The summed E-state index contributed by atoms with van der Waals surface area (Å²) < 4.78 is 24.0. The van der Waals surface area contributed by atoms with Crippen LogP contribution in [0.3, 0.4) is 0 Å². The van der Waals surface area contributed by atoms with E-state index in [-0.39, 0.29) is 18.3 Å². The van der Waals surface area contributed by atoms with Gasteiger partial charge in [0.05, 0.1) is 5.75 Å². The van der Waals surface area contributed by atoms with Crippen LogP contribution < -0.4 is 0 Å². The van der Waals surface area contributed by atoms with E-state index in [9.17, 15) is 13.2 Å². The molecule has 19 heavy (non-hydrogen) atoms. The Hall–Kier alpha value is -0.620. The van der Waals surface area contributed by atoms with Crippen molar-refractivity contribution in [1.29, 1.82) is 0 Å². The molecule has 2 rings (SSSR count). The molecule has 2 saturated heterocycles. The first-order chi connectivity index (χ1) is 9.04. The summed E-state index contributed by atoms with van der Waals surface area (Å²) in [6.07, 6.45) is 4.59. The lowest BCUT2D eigenvalue weighted by Gasteiger charge is -2.35. The lowest BCUT2D eigenvalue weighted by Crippen LogP contribution is -2.49. The molecular formula is C13H23NO4S. The predicted molar refractivity (Wildman–Crippen MR) is 72.4 cm³/mol. The Kier molecular flexibility index (Phi) is 4.84. The van der Waals surface area contributed by atoms with Gasteiger partial charge in [-0.05, 0) is 38.0 Å². The van der Waals surface area contributed by atoms with Gasteiger partial charge in [0.1, 0.15) is 5.25 Å². The van der Waals surface area contributed by atoms with Gasteiger partial charge < -0.3 is 10.0 Å². The molecule has 2 aliphatic rings. The minimum absolute atomic E-state index is 0.133. The molecule has 110 valence electrons. The molecule has 0 aromatic heterocycles. The van der Waals surface area contributed by atoms with Crippen molar-refractivity contribution in [2.24, 2.45) is 5.92 Å². The number of aliphatic hydroxyl groups excluding tert-OH is 1. The van der Waals surface area contributed by atoms with Crippen LogP contribution in [0.1, 0.15) is 38.5 Å². The molecule has 0 spiro atoms. The second-order valence-corrected chi connectivity index (χ2v) is 7.96. The summed E-state index contributed by atoms with van der Waals surface area (Å²) in [7, 11) is -3.24. The molecule has 2 fully saturated rings. The number of likely N-dealkylation sites (tertiary alicyclic amines) is 1. The number of carbonyl (C=O) groups excluding carboxylic acids is 1. The quantitative estimate of drug-likeness (QED) is 0.824. The van der Waals surface area contributed by atoms with E-state index in [1.165, 1.54) is 0 Å². The fourth-order valence-electron chi connectivity index (χ4n) is 3.12. The van der Waals surface area contributed by atoms with Crippen LogP contribution >= 0.6 is 0 Å². The minimum atomic E-state index is -3.24. The van der Waals surface area contributed by atoms with Crippen LogP contribution in [-0.2, 0) is 14.6 Å². The number of carbonyl (C=O) groups is 1. The van der Waals surface area contributed by atoms with Gasteiger partial charge in [-0.25, -0.2) is 8.42 Å². The highest BCUT2D eigenvalue weighted by Gasteiger charge is 2.38. The van der Waals surface area contributed by atoms with Crippen LogP contribution in [0.25, 0.3) is 0 Å². The number of amides is 1.